The molecule has 0 amide bonds. The van der Waals surface area contributed by atoms with Gasteiger partial charge in [0.1, 0.15) is 0 Å². The van der Waals surface area contributed by atoms with Gasteiger partial charge in [-0.3, -0.25) is 0 Å². The highest BCUT2D eigenvalue weighted by Crippen LogP contribution is 2.23. The summed E-state index contributed by atoms with van der Waals surface area (Å²) in [5, 5.41) is 0. The van der Waals surface area contributed by atoms with E-state index in [1.807, 2.05) is 0 Å². The van der Waals surface area contributed by atoms with E-state index in [4.69, 9.17) is 0 Å². The third kappa shape index (κ3) is 2.84. The first-order chi connectivity index (χ1) is 5.54. The van der Waals surface area contributed by atoms with E-state index in [1.165, 1.54) is 23.1 Å². The van der Waals surface area contributed by atoms with Crippen molar-refractivity contribution in [3.63, 3.8) is 0 Å². The lowest BCUT2D eigenvalue weighted by atomic mass is 9.91. The fourth-order valence-electron chi connectivity index (χ4n) is 1.52. The summed E-state index contributed by atoms with van der Waals surface area (Å²) in [5.41, 5.74) is 4.21. The molecule has 0 aliphatic rings. The van der Waals surface area contributed by atoms with Crippen molar-refractivity contribution in [3.05, 3.63) is 23.3 Å². The maximum Gasteiger partial charge on any atom is -0.0231 e. The van der Waals surface area contributed by atoms with Crippen LogP contribution in [0.25, 0.3) is 0 Å². The van der Waals surface area contributed by atoms with Crippen molar-refractivity contribution in [2.24, 2.45) is 5.92 Å². The van der Waals surface area contributed by atoms with Crippen LogP contribution in [-0.2, 0) is 0 Å². The summed E-state index contributed by atoms with van der Waals surface area (Å²) in [6.45, 7) is 15.1. The topological polar surface area (TPSA) is 0 Å². The minimum Gasteiger partial charge on any atom is -0.0958 e. The van der Waals surface area contributed by atoms with E-state index in [2.05, 4.69) is 41.2 Å². The fraction of sp³-hybridized carbons (Fsp3) is 0.667. The molecule has 0 rings (SSSR count). The van der Waals surface area contributed by atoms with Crippen molar-refractivity contribution in [1.29, 1.82) is 0 Å². The maximum absolute atomic E-state index is 4.01. The van der Waals surface area contributed by atoms with Gasteiger partial charge < -0.3 is 0 Å². The molecular formula is C12H22. The van der Waals surface area contributed by atoms with Gasteiger partial charge in [-0.05, 0) is 38.2 Å². The van der Waals surface area contributed by atoms with Crippen LogP contribution >= 0.6 is 0 Å². The van der Waals surface area contributed by atoms with Crippen LogP contribution in [0.1, 0.15) is 47.5 Å². The Morgan fingerprint density at radius 3 is 2.00 bits per heavy atom. The molecule has 1 unspecified atom stereocenters. The summed E-state index contributed by atoms with van der Waals surface area (Å²) in [4.78, 5) is 0. The van der Waals surface area contributed by atoms with Crippen LogP contribution in [0.2, 0.25) is 0 Å². The number of rotatable bonds is 4. The highest BCUT2D eigenvalue weighted by molar-refractivity contribution is 5.31. The number of hydrogen-bond donors (Lipinski definition) is 0. The van der Waals surface area contributed by atoms with Gasteiger partial charge in [0.25, 0.3) is 0 Å². The van der Waals surface area contributed by atoms with Gasteiger partial charge >= 0.3 is 0 Å². The smallest absolute Gasteiger partial charge is 0.0231 e. The van der Waals surface area contributed by atoms with Crippen molar-refractivity contribution in [2.45, 2.75) is 47.5 Å². The molecule has 0 bridgehead atoms. The fourth-order valence-corrected chi connectivity index (χ4v) is 1.52. The Morgan fingerprint density at radius 1 is 1.25 bits per heavy atom. The zero-order chi connectivity index (χ0) is 9.72. The zero-order valence-corrected chi connectivity index (χ0v) is 9.20. The van der Waals surface area contributed by atoms with Crippen molar-refractivity contribution in [2.75, 3.05) is 0 Å². The summed E-state index contributed by atoms with van der Waals surface area (Å²) in [6, 6.07) is 0. The van der Waals surface area contributed by atoms with Crippen molar-refractivity contribution in [1.82, 2.24) is 0 Å². The molecule has 70 valence electrons. The minimum atomic E-state index is 0.705. The molecule has 0 saturated carbocycles. The molecule has 0 aromatic rings. The third-order valence-corrected chi connectivity index (χ3v) is 2.70. The van der Waals surface area contributed by atoms with E-state index in [0.29, 0.717) is 5.92 Å². The summed E-state index contributed by atoms with van der Waals surface area (Å²) in [7, 11) is 0. The standard InChI is InChI=1S/C12H22/c1-7-10(5)11(6)12(8-2)9(3)4/h10H,3,7-8H2,1-2,4-6H3. The van der Waals surface area contributed by atoms with Gasteiger partial charge in [0.2, 0.25) is 0 Å². The first kappa shape index (κ1) is 11.5. The molecule has 0 aliphatic carbocycles. The van der Waals surface area contributed by atoms with Crippen LogP contribution in [0.5, 0.6) is 0 Å². The van der Waals surface area contributed by atoms with E-state index in [9.17, 15) is 0 Å². The molecule has 1 atom stereocenters. The molecule has 0 heterocycles. The molecule has 12 heavy (non-hydrogen) atoms. The van der Waals surface area contributed by atoms with Crippen molar-refractivity contribution < 1.29 is 0 Å². The molecule has 0 aromatic heterocycles. The van der Waals surface area contributed by atoms with E-state index < -0.39 is 0 Å². The first-order valence-electron chi connectivity index (χ1n) is 4.90. The predicted molar refractivity (Wildman–Crippen MR) is 57.3 cm³/mol. The first-order valence-corrected chi connectivity index (χ1v) is 4.90. The van der Waals surface area contributed by atoms with Gasteiger partial charge in [-0.25, -0.2) is 0 Å². The highest BCUT2D eigenvalue weighted by Gasteiger charge is 2.06. The Bertz CT molecular complexity index is 184. The number of allylic oxidation sites excluding steroid dienone is 3. The second-order valence-corrected chi connectivity index (χ2v) is 3.60. The molecule has 0 aliphatic heterocycles. The van der Waals surface area contributed by atoms with Crippen LogP contribution in [0, 0.1) is 5.92 Å². The van der Waals surface area contributed by atoms with Gasteiger partial charge in [-0.15, -0.1) is 0 Å². The van der Waals surface area contributed by atoms with E-state index >= 15 is 0 Å². The second kappa shape index (κ2) is 5.18. The highest BCUT2D eigenvalue weighted by atomic mass is 14.1. The maximum atomic E-state index is 4.01. The van der Waals surface area contributed by atoms with E-state index in [1.54, 1.807) is 0 Å². The quantitative estimate of drug-likeness (QED) is 0.545. The lowest BCUT2D eigenvalue weighted by Gasteiger charge is -2.15. The van der Waals surface area contributed by atoms with E-state index in [-0.39, 0.29) is 0 Å². The summed E-state index contributed by atoms with van der Waals surface area (Å²) in [6.07, 6.45) is 2.34. The van der Waals surface area contributed by atoms with Gasteiger partial charge in [0.05, 0.1) is 0 Å². The van der Waals surface area contributed by atoms with Crippen LogP contribution < -0.4 is 0 Å². The SMILES string of the molecule is C=C(C)C(CC)=C(C)C(C)CC. The largest absolute Gasteiger partial charge is 0.0958 e. The van der Waals surface area contributed by atoms with Crippen molar-refractivity contribution >= 4 is 0 Å². The third-order valence-electron chi connectivity index (χ3n) is 2.70. The van der Waals surface area contributed by atoms with Gasteiger partial charge in [0.15, 0.2) is 0 Å². The van der Waals surface area contributed by atoms with Crippen LogP contribution in [0.15, 0.2) is 23.3 Å². The normalized spacial score (nSPS) is 15.4. The molecule has 0 heteroatoms. The lowest BCUT2D eigenvalue weighted by Crippen LogP contribution is -1.99. The van der Waals surface area contributed by atoms with Gasteiger partial charge in [0, 0.05) is 0 Å². The molecule has 0 fully saturated rings. The van der Waals surface area contributed by atoms with Crippen LogP contribution in [-0.4, -0.2) is 0 Å². The summed E-state index contributed by atoms with van der Waals surface area (Å²) in [5.74, 6) is 0.705. The molecule has 0 nitrogen and oxygen atoms in total. The Hall–Kier alpha value is -0.520. The van der Waals surface area contributed by atoms with Gasteiger partial charge in [-0.2, -0.15) is 0 Å². The Morgan fingerprint density at radius 2 is 1.75 bits per heavy atom. The molecular weight excluding hydrogens is 144 g/mol. The average molecular weight is 166 g/mol. The van der Waals surface area contributed by atoms with E-state index in [0.717, 1.165) is 6.42 Å². The second-order valence-electron chi connectivity index (χ2n) is 3.60. The van der Waals surface area contributed by atoms with Crippen LogP contribution in [0.3, 0.4) is 0 Å². The Labute approximate surface area is 77.4 Å². The minimum absolute atomic E-state index is 0.705. The molecule has 0 spiro atoms. The molecule has 0 N–H and O–H groups in total. The van der Waals surface area contributed by atoms with Gasteiger partial charge in [-0.1, -0.05) is 38.5 Å². The van der Waals surface area contributed by atoms with Crippen LogP contribution in [0.4, 0.5) is 0 Å². The predicted octanol–water partition coefficient (Wildman–Crippen LogP) is 4.34. The Kier molecular flexibility index (Phi) is 4.96. The summed E-state index contributed by atoms with van der Waals surface area (Å²) < 4.78 is 0. The monoisotopic (exact) mass is 166 g/mol. The molecule has 0 aromatic carbocycles. The average Bonchev–Trinajstić information content (AvgIpc) is 2.03. The summed E-state index contributed by atoms with van der Waals surface area (Å²) >= 11 is 0. The number of hydrogen-bond acceptors (Lipinski definition) is 0. The molecule has 0 radical (unpaired) electrons. The lowest BCUT2D eigenvalue weighted by molar-refractivity contribution is 0.645. The molecule has 0 saturated heterocycles. The Balaban J connectivity index is 4.71. The zero-order valence-electron chi connectivity index (χ0n) is 9.20. The van der Waals surface area contributed by atoms with Crippen molar-refractivity contribution in [3.8, 4) is 0 Å².